The van der Waals surface area contributed by atoms with Gasteiger partial charge < -0.3 is 9.80 Å². The largest absolute Gasteiger partial charge is 0.366 e. The standard InChI is InChI=1S/C16H19FN4/c1-12-11-16(19-18-13(12)2)21-9-7-20(8-10-21)15-6-4-3-5-14(15)17/h3-6,11H,7-10H2,1-2H3. The molecule has 110 valence electrons. The monoisotopic (exact) mass is 286 g/mol. The van der Waals surface area contributed by atoms with Crippen LogP contribution in [-0.4, -0.2) is 36.4 Å². The van der Waals surface area contributed by atoms with Crippen molar-refractivity contribution in [3.05, 3.63) is 47.4 Å². The molecule has 21 heavy (non-hydrogen) atoms. The van der Waals surface area contributed by atoms with E-state index in [4.69, 9.17) is 0 Å². The highest BCUT2D eigenvalue weighted by Gasteiger charge is 2.20. The number of piperazine rings is 1. The zero-order valence-electron chi connectivity index (χ0n) is 12.4. The van der Waals surface area contributed by atoms with Gasteiger partial charge in [-0.15, -0.1) is 5.10 Å². The summed E-state index contributed by atoms with van der Waals surface area (Å²) in [5.41, 5.74) is 2.79. The van der Waals surface area contributed by atoms with E-state index in [-0.39, 0.29) is 5.82 Å². The summed E-state index contributed by atoms with van der Waals surface area (Å²) >= 11 is 0. The lowest BCUT2D eigenvalue weighted by atomic mass is 10.2. The molecule has 1 saturated heterocycles. The van der Waals surface area contributed by atoms with E-state index in [1.165, 1.54) is 6.07 Å². The zero-order valence-corrected chi connectivity index (χ0v) is 12.4. The van der Waals surface area contributed by atoms with E-state index < -0.39 is 0 Å². The Kier molecular flexibility index (Phi) is 3.73. The van der Waals surface area contributed by atoms with Crippen molar-refractivity contribution in [2.75, 3.05) is 36.0 Å². The van der Waals surface area contributed by atoms with Crippen LogP contribution in [0.2, 0.25) is 0 Å². The normalized spacial score (nSPS) is 15.4. The average Bonchev–Trinajstić information content (AvgIpc) is 2.51. The molecule has 1 fully saturated rings. The zero-order chi connectivity index (χ0) is 14.8. The highest BCUT2D eigenvalue weighted by molar-refractivity contribution is 5.50. The summed E-state index contributed by atoms with van der Waals surface area (Å²) in [6.07, 6.45) is 0. The third-order valence-electron chi connectivity index (χ3n) is 4.02. The second-order valence-electron chi connectivity index (χ2n) is 5.40. The smallest absolute Gasteiger partial charge is 0.151 e. The fourth-order valence-electron chi connectivity index (χ4n) is 2.57. The Morgan fingerprint density at radius 1 is 0.952 bits per heavy atom. The summed E-state index contributed by atoms with van der Waals surface area (Å²) in [6.45, 7) is 7.23. The van der Waals surface area contributed by atoms with Crippen LogP contribution in [0.15, 0.2) is 30.3 Å². The van der Waals surface area contributed by atoms with Crippen LogP contribution in [0, 0.1) is 19.7 Å². The quantitative estimate of drug-likeness (QED) is 0.849. The number of para-hydroxylation sites is 1. The van der Waals surface area contributed by atoms with Gasteiger partial charge in [0.25, 0.3) is 0 Å². The van der Waals surface area contributed by atoms with E-state index in [9.17, 15) is 4.39 Å². The van der Waals surface area contributed by atoms with E-state index in [0.29, 0.717) is 5.69 Å². The van der Waals surface area contributed by atoms with Crippen LogP contribution in [0.1, 0.15) is 11.3 Å². The molecule has 0 bridgehead atoms. The van der Waals surface area contributed by atoms with Gasteiger partial charge in [0.1, 0.15) is 5.82 Å². The molecule has 5 heteroatoms. The molecule has 1 aliphatic rings. The van der Waals surface area contributed by atoms with Gasteiger partial charge in [0.2, 0.25) is 0 Å². The highest BCUT2D eigenvalue weighted by Crippen LogP contribution is 2.22. The minimum Gasteiger partial charge on any atom is -0.366 e. The number of aromatic nitrogens is 2. The van der Waals surface area contributed by atoms with Crippen LogP contribution < -0.4 is 9.80 Å². The van der Waals surface area contributed by atoms with E-state index in [1.807, 2.05) is 26.0 Å². The number of nitrogens with zero attached hydrogens (tertiary/aromatic N) is 4. The van der Waals surface area contributed by atoms with Gasteiger partial charge >= 0.3 is 0 Å². The summed E-state index contributed by atoms with van der Waals surface area (Å²) in [6, 6.07) is 9.01. The van der Waals surface area contributed by atoms with Gasteiger partial charge in [-0.05, 0) is 37.6 Å². The third kappa shape index (κ3) is 2.82. The molecule has 2 aromatic rings. The van der Waals surface area contributed by atoms with E-state index in [2.05, 4.69) is 26.1 Å². The molecule has 0 unspecified atom stereocenters. The van der Waals surface area contributed by atoms with Crippen molar-refractivity contribution in [2.45, 2.75) is 13.8 Å². The Balaban J connectivity index is 1.70. The maximum Gasteiger partial charge on any atom is 0.151 e. The number of anilines is 2. The third-order valence-corrected chi connectivity index (χ3v) is 4.02. The van der Waals surface area contributed by atoms with Gasteiger partial charge in [-0.1, -0.05) is 12.1 Å². The summed E-state index contributed by atoms with van der Waals surface area (Å²) in [5.74, 6) is 0.753. The van der Waals surface area contributed by atoms with Crippen molar-refractivity contribution in [1.82, 2.24) is 10.2 Å². The lowest BCUT2D eigenvalue weighted by Crippen LogP contribution is -2.47. The molecule has 0 saturated carbocycles. The average molecular weight is 286 g/mol. The van der Waals surface area contributed by atoms with Gasteiger partial charge in [0.15, 0.2) is 5.82 Å². The molecule has 1 aromatic heterocycles. The van der Waals surface area contributed by atoms with Crippen LogP contribution >= 0.6 is 0 Å². The molecule has 1 aromatic carbocycles. The first kappa shape index (κ1) is 13.8. The number of aryl methyl sites for hydroxylation is 2. The highest BCUT2D eigenvalue weighted by atomic mass is 19.1. The van der Waals surface area contributed by atoms with Crippen LogP contribution in [-0.2, 0) is 0 Å². The Morgan fingerprint density at radius 3 is 2.29 bits per heavy atom. The summed E-state index contributed by atoms with van der Waals surface area (Å²) in [4.78, 5) is 4.29. The minimum absolute atomic E-state index is 0.156. The second kappa shape index (κ2) is 5.68. The predicted molar refractivity (Wildman–Crippen MR) is 82.3 cm³/mol. The van der Waals surface area contributed by atoms with Crippen molar-refractivity contribution in [3.8, 4) is 0 Å². The molecule has 0 amide bonds. The van der Waals surface area contributed by atoms with Crippen LogP contribution in [0.3, 0.4) is 0 Å². The molecule has 0 N–H and O–H groups in total. The van der Waals surface area contributed by atoms with Crippen molar-refractivity contribution in [2.24, 2.45) is 0 Å². The van der Waals surface area contributed by atoms with Crippen LogP contribution in [0.4, 0.5) is 15.9 Å². The molecule has 4 nitrogen and oxygen atoms in total. The fraction of sp³-hybridized carbons (Fsp3) is 0.375. The summed E-state index contributed by atoms with van der Waals surface area (Å²) in [7, 11) is 0. The van der Waals surface area contributed by atoms with Crippen molar-refractivity contribution in [1.29, 1.82) is 0 Å². The lowest BCUT2D eigenvalue weighted by molar-refractivity contribution is 0.595. The van der Waals surface area contributed by atoms with Gasteiger partial charge in [0, 0.05) is 26.2 Å². The van der Waals surface area contributed by atoms with E-state index in [1.54, 1.807) is 6.07 Å². The molecule has 1 aliphatic heterocycles. The maximum atomic E-state index is 13.8. The van der Waals surface area contributed by atoms with Gasteiger partial charge in [-0.3, -0.25) is 0 Å². The van der Waals surface area contributed by atoms with E-state index in [0.717, 1.165) is 43.3 Å². The Morgan fingerprint density at radius 2 is 1.62 bits per heavy atom. The number of rotatable bonds is 2. The molecule has 0 aliphatic carbocycles. The second-order valence-corrected chi connectivity index (χ2v) is 5.40. The predicted octanol–water partition coefficient (Wildman–Crippen LogP) is 2.56. The molecular weight excluding hydrogens is 267 g/mol. The number of hydrogen-bond acceptors (Lipinski definition) is 4. The molecule has 2 heterocycles. The maximum absolute atomic E-state index is 13.8. The Labute approximate surface area is 124 Å². The van der Waals surface area contributed by atoms with Gasteiger partial charge in [0.05, 0.1) is 11.4 Å². The van der Waals surface area contributed by atoms with Gasteiger partial charge in [-0.2, -0.15) is 5.10 Å². The molecule has 0 atom stereocenters. The fourth-order valence-corrected chi connectivity index (χ4v) is 2.57. The minimum atomic E-state index is -0.156. The van der Waals surface area contributed by atoms with Crippen LogP contribution in [0.5, 0.6) is 0 Å². The first-order chi connectivity index (χ1) is 10.1. The first-order valence-corrected chi connectivity index (χ1v) is 7.20. The molecule has 3 rings (SSSR count). The van der Waals surface area contributed by atoms with Crippen molar-refractivity contribution >= 4 is 11.5 Å². The molecular formula is C16H19FN4. The van der Waals surface area contributed by atoms with Crippen molar-refractivity contribution in [3.63, 3.8) is 0 Å². The van der Waals surface area contributed by atoms with Crippen LogP contribution in [0.25, 0.3) is 0 Å². The summed E-state index contributed by atoms with van der Waals surface area (Å²) in [5, 5.41) is 8.44. The van der Waals surface area contributed by atoms with Gasteiger partial charge in [-0.25, -0.2) is 4.39 Å². The van der Waals surface area contributed by atoms with E-state index >= 15 is 0 Å². The number of hydrogen-bond donors (Lipinski definition) is 0. The Hall–Kier alpha value is -2.17. The SMILES string of the molecule is Cc1cc(N2CCN(c3ccccc3F)CC2)nnc1C. The number of halogens is 1. The molecule has 0 radical (unpaired) electrons. The lowest BCUT2D eigenvalue weighted by Gasteiger charge is -2.36. The Bertz CT molecular complexity index is 636. The summed E-state index contributed by atoms with van der Waals surface area (Å²) < 4.78 is 13.8. The van der Waals surface area contributed by atoms with Crippen molar-refractivity contribution < 1.29 is 4.39 Å². The molecule has 0 spiro atoms. The first-order valence-electron chi connectivity index (χ1n) is 7.20. The topological polar surface area (TPSA) is 32.3 Å². The number of benzene rings is 1.